The van der Waals surface area contributed by atoms with E-state index in [1.807, 2.05) is 38.1 Å². The highest BCUT2D eigenvalue weighted by molar-refractivity contribution is 7.87. The van der Waals surface area contributed by atoms with Gasteiger partial charge in [-0.05, 0) is 23.5 Å². The molecule has 1 aromatic rings. The topological polar surface area (TPSA) is 69.6 Å². The minimum atomic E-state index is -3.56. The molecule has 1 aliphatic heterocycles. The fraction of sp³-hybridized carbons (Fsp3) is 0.571. The summed E-state index contributed by atoms with van der Waals surface area (Å²) in [5, 5.41) is 9.27. The standard InChI is InChI=1S/C14H22N2O3S/c1-11(2)14(10-17)15-20(18,19)16-8-7-12-5-3-4-6-13(12)9-16/h3-6,11,14-15,17H,7-10H2,1-2H3. The van der Waals surface area contributed by atoms with Crippen molar-refractivity contribution in [2.75, 3.05) is 13.2 Å². The maximum Gasteiger partial charge on any atom is 0.280 e. The minimum Gasteiger partial charge on any atom is -0.395 e. The molecule has 1 heterocycles. The van der Waals surface area contributed by atoms with Crippen LogP contribution in [0.4, 0.5) is 0 Å². The molecular formula is C14H22N2O3S. The van der Waals surface area contributed by atoms with Gasteiger partial charge in [-0.2, -0.15) is 17.4 Å². The summed E-state index contributed by atoms with van der Waals surface area (Å²) in [6.07, 6.45) is 0.725. The Kier molecular flexibility index (Phi) is 4.80. The number of aliphatic hydroxyl groups is 1. The molecule has 112 valence electrons. The van der Waals surface area contributed by atoms with E-state index in [-0.39, 0.29) is 12.5 Å². The van der Waals surface area contributed by atoms with Gasteiger partial charge in [0.15, 0.2) is 0 Å². The first-order valence-electron chi connectivity index (χ1n) is 6.89. The van der Waals surface area contributed by atoms with Crippen LogP contribution in [-0.2, 0) is 23.2 Å². The molecule has 5 nitrogen and oxygen atoms in total. The lowest BCUT2D eigenvalue weighted by molar-refractivity contribution is 0.224. The van der Waals surface area contributed by atoms with Crippen molar-refractivity contribution in [3.63, 3.8) is 0 Å². The van der Waals surface area contributed by atoms with Gasteiger partial charge in [0, 0.05) is 19.1 Å². The highest BCUT2D eigenvalue weighted by Gasteiger charge is 2.29. The van der Waals surface area contributed by atoms with Crippen LogP contribution in [0.1, 0.15) is 25.0 Å². The van der Waals surface area contributed by atoms with E-state index >= 15 is 0 Å². The third-order valence-electron chi connectivity index (χ3n) is 3.74. The van der Waals surface area contributed by atoms with Gasteiger partial charge in [0.2, 0.25) is 0 Å². The fourth-order valence-electron chi connectivity index (χ4n) is 2.32. The quantitative estimate of drug-likeness (QED) is 0.848. The minimum absolute atomic E-state index is 0.0480. The molecule has 0 amide bonds. The number of nitrogens with zero attached hydrogens (tertiary/aromatic N) is 1. The Balaban J connectivity index is 2.12. The van der Waals surface area contributed by atoms with Crippen LogP contribution in [0, 0.1) is 5.92 Å². The molecule has 0 radical (unpaired) electrons. The predicted octanol–water partition coefficient (Wildman–Crippen LogP) is 0.896. The monoisotopic (exact) mass is 298 g/mol. The van der Waals surface area contributed by atoms with Crippen LogP contribution in [0.5, 0.6) is 0 Å². The van der Waals surface area contributed by atoms with Gasteiger partial charge in [0.05, 0.1) is 6.61 Å². The molecule has 1 aliphatic rings. The number of nitrogens with one attached hydrogen (secondary N) is 1. The first kappa shape index (κ1) is 15.4. The molecular weight excluding hydrogens is 276 g/mol. The summed E-state index contributed by atoms with van der Waals surface area (Å²) in [6, 6.07) is 7.45. The summed E-state index contributed by atoms with van der Waals surface area (Å²) < 4.78 is 28.8. The molecule has 0 aromatic heterocycles. The van der Waals surface area contributed by atoms with Gasteiger partial charge in [-0.1, -0.05) is 38.1 Å². The van der Waals surface area contributed by atoms with Gasteiger partial charge < -0.3 is 5.11 Å². The lowest BCUT2D eigenvalue weighted by atomic mass is 10.0. The Morgan fingerprint density at radius 1 is 1.30 bits per heavy atom. The molecule has 2 rings (SSSR count). The molecule has 20 heavy (non-hydrogen) atoms. The second kappa shape index (κ2) is 6.22. The molecule has 0 saturated carbocycles. The Labute approximate surface area is 120 Å². The predicted molar refractivity (Wildman–Crippen MR) is 78.3 cm³/mol. The summed E-state index contributed by atoms with van der Waals surface area (Å²) in [5.41, 5.74) is 2.26. The zero-order valence-electron chi connectivity index (χ0n) is 11.9. The van der Waals surface area contributed by atoms with E-state index in [2.05, 4.69) is 4.72 Å². The number of fused-ring (bicyclic) bond motifs is 1. The highest BCUT2D eigenvalue weighted by atomic mass is 32.2. The Hall–Kier alpha value is -0.950. The Bertz CT molecular complexity index is 557. The van der Waals surface area contributed by atoms with Gasteiger partial charge in [0.1, 0.15) is 0 Å². The van der Waals surface area contributed by atoms with E-state index < -0.39 is 16.3 Å². The molecule has 6 heteroatoms. The third kappa shape index (κ3) is 3.38. The summed E-state index contributed by atoms with van der Waals surface area (Å²) in [5.74, 6) is 0.0480. The molecule has 1 atom stereocenters. The van der Waals surface area contributed by atoms with E-state index in [4.69, 9.17) is 0 Å². The van der Waals surface area contributed by atoms with Gasteiger partial charge in [-0.3, -0.25) is 0 Å². The number of aliphatic hydroxyl groups excluding tert-OH is 1. The van der Waals surface area contributed by atoms with E-state index in [0.717, 1.165) is 12.0 Å². The van der Waals surface area contributed by atoms with Crippen molar-refractivity contribution >= 4 is 10.2 Å². The van der Waals surface area contributed by atoms with Gasteiger partial charge >= 0.3 is 0 Å². The zero-order chi connectivity index (χ0) is 14.8. The normalized spacial score (nSPS) is 18.0. The SMILES string of the molecule is CC(C)C(CO)NS(=O)(=O)N1CCc2ccccc2C1. The molecule has 0 fully saturated rings. The van der Waals surface area contributed by atoms with Gasteiger partial charge in [0.25, 0.3) is 10.2 Å². The Morgan fingerprint density at radius 2 is 1.95 bits per heavy atom. The second-order valence-corrected chi connectivity index (χ2v) is 7.21. The summed E-state index contributed by atoms with van der Waals surface area (Å²) in [4.78, 5) is 0. The summed E-state index contributed by atoms with van der Waals surface area (Å²) in [6.45, 7) is 4.44. The van der Waals surface area contributed by atoms with Crippen LogP contribution < -0.4 is 4.72 Å². The third-order valence-corrected chi connectivity index (χ3v) is 5.33. The van der Waals surface area contributed by atoms with E-state index in [1.54, 1.807) is 0 Å². The molecule has 2 N–H and O–H groups in total. The van der Waals surface area contributed by atoms with E-state index in [0.29, 0.717) is 13.1 Å². The van der Waals surface area contributed by atoms with E-state index in [9.17, 15) is 13.5 Å². The maximum absolute atomic E-state index is 12.4. The molecule has 1 aromatic carbocycles. The highest BCUT2D eigenvalue weighted by Crippen LogP contribution is 2.20. The molecule has 0 spiro atoms. The van der Waals surface area contributed by atoms with Crippen molar-refractivity contribution in [3.05, 3.63) is 35.4 Å². The average molecular weight is 298 g/mol. The van der Waals surface area contributed by atoms with Crippen LogP contribution in [0.3, 0.4) is 0 Å². The summed E-state index contributed by atoms with van der Waals surface area (Å²) >= 11 is 0. The maximum atomic E-state index is 12.4. The lowest BCUT2D eigenvalue weighted by Gasteiger charge is -2.30. The lowest BCUT2D eigenvalue weighted by Crippen LogP contribution is -2.49. The van der Waals surface area contributed by atoms with Crippen molar-refractivity contribution in [1.29, 1.82) is 0 Å². The fourth-order valence-corrected chi connectivity index (χ4v) is 3.84. The van der Waals surface area contributed by atoms with Crippen LogP contribution in [0.25, 0.3) is 0 Å². The number of hydrogen-bond donors (Lipinski definition) is 2. The summed E-state index contributed by atoms with van der Waals surface area (Å²) in [7, 11) is -3.56. The molecule has 1 unspecified atom stereocenters. The average Bonchev–Trinajstić information content (AvgIpc) is 2.44. The van der Waals surface area contributed by atoms with Crippen LogP contribution in [0.15, 0.2) is 24.3 Å². The number of benzene rings is 1. The van der Waals surface area contributed by atoms with Crippen LogP contribution in [-0.4, -0.2) is 37.0 Å². The number of rotatable bonds is 5. The van der Waals surface area contributed by atoms with Crippen molar-refractivity contribution in [1.82, 2.24) is 9.03 Å². The van der Waals surface area contributed by atoms with Crippen LogP contribution >= 0.6 is 0 Å². The zero-order valence-corrected chi connectivity index (χ0v) is 12.7. The largest absolute Gasteiger partial charge is 0.395 e. The Morgan fingerprint density at radius 3 is 2.55 bits per heavy atom. The van der Waals surface area contributed by atoms with Gasteiger partial charge in [-0.25, -0.2) is 0 Å². The van der Waals surface area contributed by atoms with Crippen molar-refractivity contribution in [2.45, 2.75) is 32.9 Å². The van der Waals surface area contributed by atoms with Crippen molar-refractivity contribution < 1.29 is 13.5 Å². The van der Waals surface area contributed by atoms with Crippen LogP contribution in [0.2, 0.25) is 0 Å². The first-order valence-corrected chi connectivity index (χ1v) is 8.33. The molecule has 0 saturated heterocycles. The van der Waals surface area contributed by atoms with E-state index in [1.165, 1.54) is 9.87 Å². The molecule has 0 aliphatic carbocycles. The molecule has 0 bridgehead atoms. The smallest absolute Gasteiger partial charge is 0.280 e. The van der Waals surface area contributed by atoms with Gasteiger partial charge in [-0.15, -0.1) is 0 Å². The second-order valence-electron chi connectivity index (χ2n) is 5.51. The van der Waals surface area contributed by atoms with Crippen molar-refractivity contribution in [2.24, 2.45) is 5.92 Å². The van der Waals surface area contributed by atoms with Crippen molar-refractivity contribution in [3.8, 4) is 0 Å². The first-order chi connectivity index (χ1) is 9.44. The number of hydrogen-bond acceptors (Lipinski definition) is 3.